The van der Waals surface area contributed by atoms with Crippen molar-refractivity contribution in [3.8, 4) is 0 Å². The van der Waals surface area contributed by atoms with E-state index in [1.165, 1.54) is 10.9 Å². The van der Waals surface area contributed by atoms with Crippen LogP contribution in [0.3, 0.4) is 0 Å². The largest absolute Gasteiger partial charge is 0.273 e. The minimum Gasteiger partial charge on any atom is -0.273 e. The first-order valence-electron chi connectivity index (χ1n) is 6.09. The number of fused-ring (bicyclic) bond motifs is 2. The van der Waals surface area contributed by atoms with Gasteiger partial charge in [0, 0.05) is 11.6 Å². The van der Waals surface area contributed by atoms with Crippen LogP contribution in [0, 0.1) is 0 Å². The Morgan fingerprint density at radius 2 is 1.58 bits per heavy atom. The van der Waals surface area contributed by atoms with Crippen LogP contribution in [-0.2, 0) is 0 Å². The average Bonchev–Trinajstić information content (AvgIpc) is 3.05. The lowest BCUT2D eigenvalue weighted by Crippen LogP contribution is -1.91. The summed E-state index contributed by atoms with van der Waals surface area (Å²) < 4.78 is 4.24. The number of hydrogen-bond donors (Lipinski definition) is 0. The van der Waals surface area contributed by atoms with Gasteiger partial charge in [0.2, 0.25) is 0 Å². The zero-order chi connectivity index (χ0) is 12.7. The highest BCUT2D eigenvalue weighted by Crippen LogP contribution is 2.24. The molecule has 4 heteroatoms. The van der Waals surface area contributed by atoms with Crippen LogP contribution in [0.5, 0.6) is 0 Å². The Labute approximate surface area is 114 Å². The first-order chi connectivity index (χ1) is 9.42. The molecular formula is C15H11N3S. The number of benzene rings is 2. The Bertz CT molecular complexity index is 788. The first-order valence-corrected chi connectivity index (χ1v) is 6.82. The first kappa shape index (κ1) is 10.7. The second-order valence-corrected chi connectivity index (χ2v) is 5.29. The molecule has 3 nitrogen and oxygen atoms in total. The Kier molecular flexibility index (Phi) is 2.35. The molecule has 2 heterocycles. The molecule has 0 spiro atoms. The van der Waals surface area contributed by atoms with Gasteiger partial charge in [-0.3, -0.25) is 7.94 Å². The summed E-state index contributed by atoms with van der Waals surface area (Å²) in [6.45, 7) is 0. The van der Waals surface area contributed by atoms with Crippen molar-refractivity contribution in [3.05, 3.63) is 67.1 Å². The van der Waals surface area contributed by atoms with E-state index in [0.717, 1.165) is 11.0 Å². The molecule has 0 atom stereocenters. The number of hydrogen-bond acceptors (Lipinski definition) is 2. The molecule has 0 saturated carbocycles. The summed E-state index contributed by atoms with van der Waals surface area (Å²) in [5, 5.41) is 1.25. The molecule has 0 saturated heterocycles. The maximum atomic E-state index is 4.41. The number of rotatable bonds is 2. The fourth-order valence-corrected chi connectivity index (χ4v) is 3.12. The summed E-state index contributed by atoms with van der Waals surface area (Å²) in [5.41, 5.74) is 3.36. The molecule has 0 unspecified atom stereocenters. The molecule has 2 aromatic carbocycles. The van der Waals surface area contributed by atoms with Crippen LogP contribution in [0.15, 0.2) is 67.1 Å². The second kappa shape index (κ2) is 4.17. The van der Waals surface area contributed by atoms with Gasteiger partial charge in [-0.1, -0.05) is 30.3 Å². The Hall–Kier alpha value is -2.20. The minimum atomic E-state index is 1.02. The molecule has 0 aliphatic carbocycles. The average molecular weight is 265 g/mol. The van der Waals surface area contributed by atoms with Crippen molar-refractivity contribution >= 4 is 34.1 Å². The van der Waals surface area contributed by atoms with Crippen molar-refractivity contribution in [2.75, 3.05) is 0 Å². The Morgan fingerprint density at radius 1 is 0.789 bits per heavy atom. The van der Waals surface area contributed by atoms with Crippen LogP contribution < -0.4 is 0 Å². The highest BCUT2D eigenvalue weighted by atomic mass is 32.2. The fourth-order valence-electron chi connectivity index (χ4n) is 2.23. The molecule has 4 rings (SSSR count). The number of para-hydroxylation sites is 3. The lowest BCUT2D eigenvalue weighted by atomic mass is 10.3. The molecule has 0 bridgehead atoms. The predicted octanol–water partition coefficient (Wildman–Crippen LogP) is 3.95. The lowest BCUT2D eigenvalue weighted by Gasteiger charge is -2.05. The summed E-state index contributed by atoms with van der Waals surface area (Å²) in [4.78, 5) is 4.41. The van der Waals surface area contributed by atoms with Crippen molar-refractivity contribution in [3.63, 3.8) is 0 Å². The predicted molar refractivity (Wildman–Crippen MR) is 80.1 cm³/mol. The highest BCUT2D eigenvalue weighted by molar-refractivity contribution is 7.96. The van der Waals surface area contributed by atoms with Gasteiger partial charge in [-0.15, -0.1) is 0 Å². The van der Waals surface area contributed by atoms with E-state index in [1.54, 1.807) is 12.1 Å². The SMILES string of the molecule is c1ccc2c(c1)ccn2Sn1cnc2ccccc21. The van der Waals surface area contributed by atoms with Gasteiger partial charge in [-0.25, -0.2) is 4.98 Å². The van der Waals surface area contributed by atoms with Crippen LogP contribution >= 0.6 is 12.1 Å². The molecule has 4 aromatic rings. The summed E-state index contributed by atoms with van der Waals surface area (Å²) in [6.07, 6.45) is 3.95. The van der Waals surface area contributed by atoms with Crippen LogP contribution in [-0.4, -0.2) is 12.9 Å². The van der Waals surface area contributed by atoms with Gasteiger partial charge < -0.3 is 0 Å². The third kappa shape index (κ3) is 1.72. The molecule has 0 fully saturated rings. The van der Waals surface area contributed by atoms with Crippen molar-refractivity contribution < 1.29 is 0 Å². The quantitative estimate of drug-likeness (QED) is 0.547. The van der Waals surface area contributed by atoms with Crippen LogP contribution in [0.4, 0.5) is 0 Å². The van der Waals surface area contributed by atoms with E-state index in [0.29, 0.717) is 0 Å². The highest BCUT2D eigenvalue weighted by Gasteiger charge is 2.05. The standard InChI is InChI=1S/C15H11N3S/c1-3-7-14-12(5-1)9-10-17(14)19-18-11-16-13-6-2-4-8-15(13)18/h1-11H. The lowest BCUT2D eigenvalue weighted by molar-refractivity contribution is 1.22. The van der Waals surface area contributed by atoms with Crippen molar-refractivity contribution in [1.29, 1.82) is 0 Å². The van der Waals surface area contributed by atoms with E-state index in [2.05, 4.69) is 55.5 Å². The van der Waals surface area contributed by atoms with Crippen molar-refractivity contribution in [2.24, 2.45) is 0 Å². The summed E-state index contributed by atoms with van der Waals surface area (Å²) >= 11 is 1.63. The molecule has 0 aliphatic rings. The normalized spacial score (nSPS) is 11.4. The van der Waals surface area contributed by atoms with E-state index in [-0.39, 0.29) is 0 Å². The smallest absolute Gasteiger partial charge is 0.108 e. The van der Waals surface area contributed by atoms with Crippen molar-refractivity contribution in [1.82, 2.24) is 12.9 Å². The van der Waals surface area contributed by atoms with E-state index in [4.69, 9.17) is 0 Å². The van der Waals surface area contributed by atoms with Gasteiger partial charge in [-0.2, -0.15) is 0 Å². The van der Waals surface area contributed by atoms with Gasteiger partial charge >= 0.3 is 0 Å². The molecule has 0 aliphatic heterocycles. The Morgan fingerprint density at radius 3 is 2.53 bits per heavy atom. The number of imidazole rings is 1. The van der Waals surface area contributed by atoms with Crippen LogP contribution in [0.2, 0.25) is 0 Å². The third-order valence-electron chi connectivity index (χ3n) is 3.16. The summed E-state index contributed by atoms with van der Waals surface area (Å²) in [6, 6.07) is 18.7. The van der Waals surface area contributed by atoms with E-state index < -0.39 is 0 Å². The Balaban J connectivity index is 1.82. The third-order valence-corrected chi connectivity index (χ3v) is 4.12. The molecule has 0 radical (unpaired) electrons. The molecule has 92 valence electrons. The van der Waals surface area contributed by atoms with Gasteiger partial charge in [0.15, 0.2) is 0 Å². The van der Waals surface area contributed by atoms with E-state index in [9.17, 15) is 0 Å². The van der Waals surface area contributed by atoms with Crippen LogP contribution in [0.25, 0.3) is 21.9 Å². The summed E-state index contributed by atoms with van der Waals surface area (Å²) in [5.74, 6) is 0. The maximum Gasteiger partial charge on any atom is 0.108 e. The minimum absolute atomic E-state index is 1.02. The topological polar surface area (TPSA) is 22.8 Å². The molecule has 2 aromatic heterocycles. The second-order valence-electron chi connectivity index (χ2n) is 4.34. The molecule has 0 amide bonds. The van der Waals surface area contributed by atoms with Gasteiger partial charge in [0.1, 0.15) is 6.33 Å². The number of aromatic nitrogens is 3. The van der Waals surface area contributed by atoms with E-state index in [1.807, 2.05) is 24.5 Å². The number of nitrogens with zero attached hydrogens (tertiary/aromatic N) is 3. The zero-order valence-corrected chi connectivity index (χ0v) is 10.9. The van der Waals surface area contributed by atoms with Gasteiger partial charge in [0.25, 0.3) is 0 Å². The molecule has 0 N–H and O–H groups in total. The fraction of sp³-hybridized carbons (Fsp3) is 0. The summed E-state index contributed by atoms with van der Waals surface area (Å²) in [7, 11) is 0. The zero-order valence-electron chi connectivity index (χ0n) is 10.1. The van der Waals surface area contributed by atoms with E-state index >= 15 is 0 Å². The molecular weight excluding hydrogens is 254 g/mol. The van der Waals surface area contributed by atoms with Crippen molar-refractivity contribution in [2.45, 2.75) is 0 Å². The molecule has 19 heavy (non-hydrogen) atoms. The van der Waals surface area contributed by atoms with Gasteiger partial charge in [0.05, 0.1) is 28.7 Å². The monoisotopic (exact) mass is 265 g/mol. The van der Waals surface area contributed by atoms with Crippen LogP contribution in [0.1, 0.15) is 0 Å². The maximum absolute atomic E-state index is 4.41. The van der Waals surface area contributed by atoms with Gasteiger partial charge in [-0.05, 0) is 24.3 Å².